The van der Waals surface area contributed by atoms with E-state index in [0.29, 0.717) is 17.4 Å². The minimum absolute atomic E-state index is 0.0556. The van der Waals surface area contributed by atoms with Crippen LogP contribution in [0.3, 0.4) is 0 Å². The van der Waals surface area contributed by atoms with Crippen LogP contribution in [0, 0.1) is 0 Å². The molecule has 0 radical (unpaired) electrons. The number of halogens is 1. The number of carbonyl (C=O) groups is 1. The summed E-state index contributed by atoms with van der Waals surface area (Å²) < 4.78 is 10.6. The first-order chi connectivity index (χ1) is 10.5. The number of amides is 1. The number of rotatable bonds is 4. The normalized spacial score (nSPS) is 20.6. The van der Waals surface area contributed by atoms with Crippen LogP contribution in [0.4, 0.5) is 0 Å². The summed E-state index contributed by atoms with van der Waals surface area (Å²) in [5.74, 6) is 0.390. The number of carbonyl (C=O) groups excluding carboxylic acids is 1. The van der Waals surface area contributed by atoms with Crippen molar-refractivity contribution in [2.24, 2.45) is 0 Å². The summed E-state index contributed by atoms with van der Waals surface area (Å²) in [6.45, 7) is 2.15. The second-order valence-corrected chi connectivity index (χ2v) is 5.43. The molecule has 1 saturated heterocycles. The molecule has 0 unspecified atom stereocenters. The molecule has 2 atom stereocenters. The molecule has 8 heteroatoms. The molecule has 2 aromatic rings. The van der Waals surface area contributed by atoms with Crippen LogP contribution in [0.5, 0.6) is 5.88 Å². The maximum atomic E-state index is 12.1. The first-order valence-corrected chi connectivity index (χ1v) is 7.10. The second-order valence-electron chi connectivity index (χ2n) is 5.00. The highest BCUT2D eigenvalue weighted by Crippen LogP contribution is 2.20. The largest absolute Gasteiger partial charge is 0.468 e. The fourth-order valence-corrected chi connectivity index (χ4v) is 2.18. The summed E-state index contributed by atoms with van der Waals surface area (Å²) in [6, 6.07) is 3.08. The average Bonchev–Trinajstić information content (AvgIpc) is 3.00. The van der Waals surface area contributed by atoms with E-state index in [2.05, 4.69) is 9.97 Å². The third-order valence-corrected chi connectivity index (χ3v) is 3.73. The highest BCUT2D eigenvalue weighted by molar-refractivity contribution is 6.30. The van der Waals surface area contributed by atoms with Crippen LogP contribution in [0.1, 0.15) is 23.3 Å². The van der Waals surface area contributed by atoms with Gasteiger partial charge in [0, 0.05) is 18.8 Å². The lowest BCUT2D eigenvalue weighted by atomic mass is 10.0. The predicted molar refractivity (Wildman–Crippen MR) is 76.6 cm³/mol. The predicted octanol–water partition coefficient (Wildman–Crippen LogP) is 1.51. The minimum atomic E-state index is -0.477. The van der Waals surface area contributed by atoms with E-state index in [9.17, 15) is 9.90 Å². The van der Waals surface area contributed by atoms with E-state index in [1.54, 1.807) is 19.1 Å². The van der Waals surface area contributed by atoms with Gasteiger partial charge in [0.25, 0.3) is 5.91 Å². The Kier molecular flexibility index (Phi) is 4.00. The Morgan fingerprint density at radius 2 is 2.41 bits per heavy atom. The summed E-state index contributed by atoms with van der Waals surface area (Å²) in [7, 11) is 0. The maximum absolute atomic E-state index is 12.1. The van der Waals surface area contributed by atoms with E-state index >= 15 is 0 Å². The minimum Gasteiger partial charge on any atom is -0.468 e. The van der Waals surface area contributed by atoms with Crippen molar-refractivity contribution in [3.63, 3.8) is 0 Å². The Morgan fingerprint density at radius 3 is 3.05 bits per heavy atom. The Hall–Kier alpha value is -2.12. The van der Waals surface area contributed by atoms with Crippen LogP contribution < -0.4 is 4.74 Å². The zero-order valence-corrected chi connectivity index (χ0v) is 12.5. The van der Waals surface area contributed by atoms with Crippen molar-refractivity contribution in [1.29, 1.82) is 0 Å². The fourth-order valence-electron chi connectivity index (χ4n) is 2.06. The van der Waals surface area contributed by atoms with Crippen LogP contribution >= 0.6 is 11.6 Å². The lowest BCUT2D eigenvalue weighted by Gasteiger charge is -2.42. The number of ether oxygens (including phenoxy) is 1. The SMILES string of the molecule is C[C@H]1[C@@H](O)CN1C(=O)c1coc(COc2ccc(Cl)cn2)n1. The Labute approximate surface area is 131 Å². The van der Waals surface area contributed by atoms with Crippen molar-refractivity contribution < 1.29 is 19.1 Å². The standard InChI is InChI=1S/C14H14ClN3O4/c1-8-11(19)5-18(8)14(20)10-6-21-13(17-10)7-22-12-3-2-9(15)4-16-12/h2-4,6,8,11,19H,5,7H2,1H3/t8-,11-/m0/s1. The molecule has 22 heavy (non-hydrogen) atoms. The third kappa shape index (κ3) is 2.90. The number of likely N-dealkylation sites (tertiary alicyclic amines) is 1. The lowest BCUT2D eigenvalue weighted by molar-refractivity contribution is -0.0360. The van der Waals surface area contributed by atoms with Crippen molar-refractivity contribution in [3.05, 3.63) is 41.2 Å². The van der Waals surface area contributed by atoms with E-state index in [1.807, 2.05) is 0 Å². The molecule has 0 aromatic carbocycles. The molecule has 1 aliphatic rings. The van der Waals surface area contributed by atoms with E-state index in [4.69, 9.17) is 20.8 Å². The summed E-state index contributed by atoms with van der Waals surface area (Å²) in [4.78, 5) is 21.7. The molecule has 116 valence electrons. The molecule has 1 aliphatic heterocycles. The van der Waals surface area contributed by atoms with Crippen molar-refractivity contribution in [2.75, 3.05) is 6.54 Å². The van der Waals surface area contributed by atoms with Gasteiger partial charge in [-0.25, -0.2) is 9.97 Å². The molecule has 3 heterocycles. The molecule has 2 aromatic heterocycles. The molecule has 1 fully saturated rings. The van der Waals surface area contributed by atoms with Gasteiger partial charge in [0.05, 0.1) is 17.2 Å². The van der Waals surface area contributed by atoms with E-state index < -0.39 is 6.10 Å². The molecule has 0 saturated carbocycles. The molecule has 0 spiro atoms. The molecule has 7 nitrogen and oxygen atoms in total. The first kappa shape index (κ1) is 14.8. The number of oxazole rings is 1. The number of β-amino-alcohol motifs (C(OH)–C–C–N with tert-alkyl or cyclic N) is 1. The van der Waals surface area contributed by atoms with Gasteiger partial charge in [0.1, 0.15) is 6.26 Å². The van der Waals surface area contributed by atoms with E-state index in [-0.39, 0.29) is 30.1 Å². The van der Waals surface area contributed by atoms with Crippen LogP contribution in [-0.4, -0.2) is 44.6 Å². The topological polar surface area (TPSA) is 88.7 Å². The maximum Gasteiger partial charge on any atom is 0.276 e. The first-order valence-electron chi connectivity index (χ1n) is 6.72. The van der Waals surface area contributed by atoms with Crippen LogP contribution in [0.2, 0.25) is 5.02 Å². The van der Waals surface area contributed by atoms with Crippen LogP contribution in [-0.2, 0) is 6.61 Å². The average molecular weight is 324 g/mol. The quantitative estimate of drug-likeness (QED) is 0.917. The van der Waals surface area contributed by atoms with Gasteiger partial charge in [-0.15, -0.1) is 0 Å². The van der Waals surface area contributed by atoms with Gasteiger partial charge in [-0.05, 0) is 13.0 Å². The zero-order chi connectivity index (χ0) is 15.7. The highest BCUT2D eigenvalue weighted by Gasteiger charge is 2.38. The number of hydrogen-bond acceptors (Lipinski definition) is 6. The third-order valence-electron chi connectivity index (χ3n) is 3.51. The van der Waals surface area contributed by atoms with Gasteiger partial charge in [-0.1, -0.05) is 11.6 Å². The highest BCUT2D eigenvalue weighted by atomic mass is 35.5. The van der Waals surface area contributed by atoms with Crippen molar-refractivity contribution in [1.82, 2.24) is 14.9 Å². The molecular formula is C14H14ClN3O4. The van der Waals surface area contributed by atoms with E-state index in [0.717, 1.165) is 0 Å². The summed E-state index contributed by atoms with van der Waals surface area (Å²) in [5, 5.41) is 9.96. The Bertz CT molecular complexity index is 673. The van der Waals surface area contributed by atoms with Crippen molar-refractivity contribution in [2.45, 2.75) is 25.7 Å². The molecular weight excluding hydrogens is 310 g/mol. The van der Waals surface area contributed by atoms with Gasteiger partial charge in [-0.3, -0.25) is 4.79 Å². The van der Waals surface area contributed by atoms with Crippen molar-refractivity contribution in [3.8, 4) is 5.88 Å². The number of aliphatic hydroxyl groups is 1. The van der Waals surface area contributed by atoms with Gasteiger partial charge >= 0.3 is 0 Å². The smallest absolute Gasteiger partial charge is 0.276 e. The molecule has 1 amide bonds. The van der Waals surface area contributed by atoms with Gasteiger partial charge < -0.3 is 19.2 Å². The molecule has 3 rings (SSSR count). The molecule has 0 bridgehead atoms. The monoisotopic (exact) mass is 323 g/mol. The zero-order valence-electron chi connectivity index (χ0n) is 11.8. The Balaban J connectivity index is 1.59. The summed E-state index contributed by atoms with van der Waals surface area (Å²) in [6.07, 6.45) is 2.28. The Morgan fingerprint density at radius 1 is 1.59 bits per heavy atom. The van der Waals surface area contributed by atoms with Gasteiger partial charge in [-0.2, -0.15) is 0 Å². The van der Waals surface area contributed by atoms with Crippen molar-refractivity contribution >= 4 is 17.5 Å². The number of hydrogen-bond donors (Lipinski definition) is 1. The fraction of sp³-hybridized carbons (Fsp3) is 0.357. The van der Waals surface area contributed by atoms with Gasteiger partial charge in [0.15, 0.2) is 12.3 Å². The number of nitrogens with zero attached hydrogens (tertiary/aromatic N) is 3. The second kappa shape index (κ2) is 5.94. The number of aliphatic hydroxyl groups excluding tert-OH is 1. The van der Waals surface area contributed by atoms with Crippen LogP contribution in [0.15, 0.2) is 29.0 Å². The van der Waals surface area contributed by atoms with Gasteiger partial charge in [0.2, 0.25) is 11.8 Å². The number of pyridine rings is 1. The summed E-state index contributed by atoms with van der Waals surface area (Å²) in [5.41, 5.74) is 0.196. The summed E-state index contributed by atoms with van der Waals surface area (Å²) >= 11 is 5.73. The number of aromatic nitrogens is 2. The molecule has 1 N–H and O–H groups in total. The van der Waals surface area contributed by atoms with Crippen LogP contribution in [0.25, 0.3) is 0 Å². The molecule has 0 aliphatic carbocycles. The lowest BCUT2D eigenvalue weighted by Crippen LogP contribution is -2.60. The van der Waals surface area contributed by atoms with E-state index in [1.165, 1.54) is 17.4 Å².